The van der Waals surface area contributed by atoms with Crippen molar-refractivity contribution in [2.75, 3.05) is 19.7 Å². The molecular formula is C17H21FN6O. The van der Waals surface area contributed by atoms with Crippen LogP contribution in [0.15, 0.2) is 18.2 Å². The summed E-state index contributed by atoms with van der Waals surface area (Å²) in [5.41, 5.74) is 1.28. The van der Waals surface area contributed by atoms with Crippen LogP contribution in [-0.2, 0) is 17.8 Å². The molecule has 0 radical (unpaired) electrons. The van der Waals surface area contributed by atoms with Crippen molar-refractivity contribution < 1.29 is 9.13 Å². The molecule has 3 heterocycles. The maximum absolute atomic E-state index is 14.1. The maximum atomic E-state index is 14.1. The molecule has 132 valence electrons. The molecule has 1 saturated heterocycles. The quantitative estimate of drug-likeness (QED) is 0.785. The standard InChI is InChI=1S/C17H21FN6O/c1-3-24-13-6-4-5-12(18)16(13)20-15(24)10-23-7-8-25-14(9-23)17-19-11(2)21-22-17/h4-6,14H,3,7-10H2,1-2H3,(H,19,21,22)/t14-/m0/s1. The van der Waals surface area contributed by atoms with E-state index in [1.54, 1.807) is 6.07 Å². The summed E-state index contributed by atoms with van der Waals surface area (Å²) in [5.74, 6) is 2.05. The number of aromatic nitrogens is 5. The number of hydrogen-bond donors (Lipinski definition) is 1. The van der Waals surface area contributed by atoms with E-state index in [1.807, 2.05) is 19.9 Å². The van der Waals surface area contributed by atoms with Crippen LogP contribution in [-0.4, -0.2) is 49.3 Å². The lowest BCUT2D eigenvalue weighted by Crippen LogP contribution is -2.38. The Balaban J connectivity index is 1.57. The molecule has 8 heteroatoms. The molecule has 0 aliphatic carbocycles. The molecule has 0 bridgehead atoms. The Kier molecular flexibility index (Phi) is 4.22. The van der Waals surface area contributed by atoms with Gasteiger partial charge in [0.15, 0.2) is 11.6 Å². The molecule has 4 rings (SSSR count). The molecule has 0 saturated carbocycles. The summed E-state index contributed by atoms with van der Waals surface area (Å²) in [6.45, 7) is 7.42. The lowest BCUT2D eigenvalue weighted by molar-refractivity contribution is -0.0380. The van der Waals surface area contributed by atoms with Crippen molar-refractivity contribution in [1.29, 1.82) is 0 Å². The number of hydrogen-bond acceptors (Lipinski definition) is 5. The molecular weight excluding hydrogens is 323 g/mol. The van der Waals surface area contributed by atoms with Gasteiger partial charge in [-0.1, -0.05) is 6.07 Å². The molecule has 3 aromatic rings. The Bertz CT molecular complexity index is 889. The zero-order valence-electron chi connectivity index (χ0n) is 14.4. The van der Waals surface area contributed by atoms with Crippen molar-refractivity contribution >= 4 is 11.0 Å². The number of ether oxygens (including phenoxy) is 1. The molecule has 1 aromatic carbocycles. The van der Waals surface area contributed by atoms with Crippen LogP contribution in [0.1, 0.15) is 30.5 Å². The summed E-state index contributed by atoms with van der Waals surface area (Å²) in [5, 5.41) is 7.06. The minimum absolute atomic E-state index is 0.158. The molecule has 1 N–H and O–H groups in total. The molecule has 2 aromatic heterocycles. The molecule has 0 amide bonds. The summed E-state index contributed by atoms with van der Waals surface area (Å²) >= 11 is 0. The number of H-pyrrole nitrogens is 1. The van der Waals surface area contributed by atoms with Gasteiger partial charge in [0.05, 0.1) is 18.7 Å². The minimum atomic E-state index is -0.276. The number of para-hydroxylation sites is 1. The SMILES string of the molecule is CCn1c(CN2CCO[C@H](c3n[nH]c(C)n3)C2)nc2c(F)cccc21. The minimum Gasteiger partial charge on any atom is -0.367 e. The van der Waals surface area contributed by atoms with Crippen molar-refractivity contribution in [3.63, 3.8) is 0 Å². The second-order valence-electron chi connectivity index (χ2n) is 6.25. The molecule has 1 atom stereocenters. The van der Waals surface area contributed by atoms with Gasteiger partial charge in [0.2, 0.25) is 0 Å². The first-order valence-corrected chi connectivity index (χ1v) is 8.52. The van der Waals surface area contributed by atoms with Gasteiger partial charge in [-0.05, 0) is 26.0 Å². The molecule has 0 unspecified atom stereocenters. The summed E-state index contributed by atoms with van der Waals surface area (Å²) < 4.78 is 21.9. The highest BCUT2D eigenvalue weighted by atomic mass is 19.1. The molecule has 7 nitrogen and oxygen atoms in total. The zero-order valence-corrected chi connectivity index (χ0v) is 14.4. The average Bonchev–Trinajstić information content (AvgIpc) is 3.19. The second-order valence-corrected chi connectivity index (χ2v) is 6.25. The van der Waals surface area contributed by atoms with Crippen molar-refractivity contribution in [3.8, 4) is 0 Å². The fraction of sp³-hybridized carbons (Fsp3) is 0.471. The average molecular weight is 344 g/mol. The normalized spacial score (nSPS) is 18.9. The van der Waals surface area contributed by atoms with Gasteiger partial charge in [-0.15, -0.1) is 0 Å². The molecule has 0 spiro atoms. The third kappa shape index (κ3) is 3.03. The number of halogens is 1. The van der Waals surface area contributed by atoms with Crippen molar-refractivity contribution in [2.24, 2.45) is 0 Å². The first kappa shape index (κ1) is 16.2. The van der Waals surface area contributed by atoms with E-state index < -0.39 is 0 Å². The predicted octanol–water partition coefficient (Wildman–Crippen LogP) is 2.20. The lowest BCUT2D eigenvalue weighted by atomic mass is 10.2. The van der Waals surface area contributed by atoms with Gasteiger partial charge in [-0.25, -0.2) is 14.4 Å². The van der Waals surface area contributed by atoms with E-state index in [1.165, 1.54) is 6.07 Å². The summed E-state index contributed by atoms with van der Waals surface area (Å²) in [6, 6.07) is 5.10. The van der Waals surface area contributed by atoms with E-state index in [0.29, 0.717) is 31.0 Å². The van der Waals surface area contributed by atoms with Gasteiger partial charge in [-0.3, -0.25) is 10.00 Å². The molecule has 1 fully saturated rings. The highest BCUT2D eigenvalue weighted by Gasteiger charge is 2.26. The number of nitrogens with zero attached hydrogens (tertiary/aromatic N) is 5. The number of rotatable bonds is 4. The Morgan fingerprint density at radius 2 is 2.24 bits per heavy atom. The van der Waals surface area contributed by atoms with Crippen LogP contribution in [0.4, 0.5) is 4.39 Å². The van der Waals surface area contributed by atoms with Gasteiger partial charge < -0.3 is 9.30 Å². The zero-order chi connectivity index (χ0) is 17.4. The van der Waals surface area contributed by atoms with Gasteiger partial charge in [-0.2, -0.15) is 5.10 Å². The van der Waals surface area contributed by atoms with Gasteiger partial charge in [0, 0.05) is 19.6 Å². The predicted molar refractivity (Wildman–Crippen MR) is 90.5 cm³/mol. The highest BCUT2D eigenvalue weighted by Crippen LogP contribution is 2.23. The third-order valence-electron chi connectivity index (χ3n) is 4.54. The second kappa shape index (κ2) is 6.53. The van der Waals surface area contributed by atoms with Gasteiger partial charge in [0.1, 0.15) is 23.3 Å². The summed E-state index contributed by atoms with van der Waals surface area (Å²) in [7, 11) is 0. The summed E-state index contributed by atoms with van der Waals surface area (Å²) in [4.78, 5) is 11.2. The maximum Gasteiger partial charge on any atom is 0.180 e. The van der Waals surface area contributed by atoms with E-state index in [4.69, 9.17) is 4.74 Å². The smallest absolute Gasteiger partial charge is 0.180 e. The van der Waals surface area contributed by atoms with Crippen LogP contribution in [0.2, 0.25) is 0 Å². The number of nitrogens with one attached hydrogen (secondary N) is 1. The monoisotopic (exact) mass is 344 g/mol. The molecule has 25 heavy (non-hydrogen) atoms. The first-order valence-electron chi connectivity index (χ1n) is 8.52. The fourth-order valence-corrected chi connectivity index (χ4v) is 3.34. The number of aryl methyl sites for hydroxylation is 2. The third-order valence-corrected chi connectivity index (χ3v) is 4.54. The Morgan fingerprint density at radius 1 is 1.36 bits per heavy atom. The van der Waals surface area contributed by atoms with Crippen LogP contribution >= 0.6 is 0 Å². The van der Waals surface area contributed by atoms with Crippen LogP contribution in [0.5, 0.6) is 0 Å². The van der Waals surface area contributed by atoms with E-state index in [-0.39, 0.29) is 11.9 Å². The molecule has 1 aliphatic heterocycles. The van der Waals surface area contributed by atoms with E-state index in [9.17, 15) is 4.39 Å². The van der Waals surface area contributed by atoms with Crippen LogP contribution in [0.25, 0.3) is 11.0 Å². The Morgan fingerprint density at radius 3 is 3.00 bits per heavy atom. The van der Waals surface area contributed by atoms with Crippen LogP contribution in [0, 0.1) is 12.7 Å². The van der Waals surface area contributed by atoms with Crippen molar-refractivity contribution in [3.05, 3.63) is 41.5 Å². The number of fused-ring (bicyclic) bond motifs is 1. The Labute approximate surface area is 144 Å². The topological polar surface area (TPSA) is 71.9 Å². The van der Waals surface area contributed by atoms with E-state index in [0.717, 1.165) is 30.3 Å². The first-order chi connectivity index (χ1) is 12.2. The highest BCUT2D eigenvalue weighted by molar-refractivity contribution is 5.76. The van der Waals surface area contributed by atoms with Gasteiger partial charge in [0.25, 0.3) is 0 Å². The number of imidazole rings is 1. The van der Waals surface area contributed by atoms with Crippen LogP contribution in [0.3, 0.4) is 0 Å². The van der Waals surface area contributed by atoms with E-state index >= 15 is 0 Å². The van der Waals surface area contributed by atoms with Crippen LogP contribution < -0.4 is 0 Å². The molecule has 1 aliphatic rings. The summed E-state index contributed by atoms with van der Waals surface area (Å²) in [6.07, 6.45) is -0.158. The van der Waals surface area contributed by atoms with Gasteiger partial charge >= 0.3 is 0 Å². The lowest BCUT2D eigenvalue weighted by Gasteiger charge is -2.31. The van der Waals surface area contributed by atoms with Crippen molar-refractivity contribution in [2.45, 2.75) is 33.0 Å². The Hall–Kier alpha value is -2.32. The number of morpholine rings is 1. The number of benzene rings is 1. The van der Waals surface area contributed by atoms with Crippen molar-refractivity contribution in [1.82, 2.24) is 29.6 Å². The largest absolute Gasteiger partial charge is 0.367 e. The number of aromatic amines is 1. The van der Waals surface area contributed by atoms with E-state index in [2.05, 4.69) is 29.6 Å². The fourth-order valence-electron chi connectivity index (χ4n) is 3.34.